The molecule has 0 aliphatic rings. The smallest absolute Gasteiger partial charge is 0.118 e. The van der Waals surface area contributed by atoms with Crippen LogP contribution in [0.15, 0.2) is 36.4 Å². The molecule has 0 aromatic heterocycles. The van der Waals surface area contributed by atoms with Gasteiger partial charge in [0.05, 0.1) is 0 Å². The van der Waals surface area contributed by atoms with Crippen molar-refractivity contribution >= 4 is 0 Å². The molecule has 3 nitrogen and oxygen atoms in total. The molecule has 0 heterocycles. The minimum Gasteiger partial charge on any atom is -0.508 e. The van der Waals surface area contributed by atoms with Crippen LogP contribution in [0.2, 0.25) is 0 Å². The van der Waals surface area contributed by atoms with Gasteiger partial charge in [-0.05, 0) is 123 Å². The molecule has 0 aliphatic heterocycles. The fourth-order valence-corrected chi connectivity index (χ4v) is 4.76. The summed E-state index contributed by atoms with van der Waals surface area (Å²) in [5.74, 6) is 0.925. The summed E-state index contributed by atoms with van der Waals surface area (Å²) in [4.78, 5) is 0. The van der Waals surface area contributed by atoms with E-state index in [4.69, 9.17) is 0 Å². The van der Waals surface area contributed by atoms with Gasteiger partial charge in [0.2, 0.25) is 0 Å². The van der Waals surface area contributed by atoms with E-state index in [0.717, 1.165) is 62.9 Å². The molecule has 0 spiro atoms. The van der Waals surface area contributed by atoms with Gasteiger partial charge in [-0.1, -0.05) is 18.2 Å². The Labute approximate surface area is 179 Å². The predicted octanol–water partition coefficient (Wildman–Crippen LogP) is 6.42. The van der Waals surface area contributed by atoms with Gasteiger partial charge in [0.1, 0.15) is 17.2 Å². The molecule has 0 fully saturated rings. The van der Waals surface area contributed by atoms with Crippen LogP contribution in [-0.4, -0.2) is 15.3 Å². The molecular weight excluding hydrogens is 372 g/mol. The van der Waals surface area contributed by atoms with E-state index < -0.39 is 0 Å². The van der Waals surface area contributed by atoms with Crippen LogP contribution in [0.3, 0.4) is 0 Å². The molecule has 3 aromatic rings. The summed E-state index contributed by atoms with van der Waals surface area (Å²) >= 11 is 0. The highest BCUT2D eigenvalue weighted by Crippen LogP contribution is 2.41. The predicted molar refractivity (Wildman–Crippen MR) is 123 cm³/mol. The Hall–Kier alpha value is -2.94. The highest BCUT2D eigenvalue weighted by molar-refractivity contribution is 5.54. The molecule has 0 unspecified atom stereocenters. The number of aryl methyl sites for hydroxylation is 3. The molecule has 3 heteroatoms. The number of phenolic OH excluding ortho intramolecular Hbond substituents is 3. The maximum absolute atomic E-state index is 10.4. The molecule has 30 heavy (non-hydrogen) atoms. The quantitative estimate of drug-likeness (QED) is 0.460. The average Bonchev–Trinajstić information content (AvgIpc) is 2.70. The molecule has 0 atom stereocenters. The lowest BCUT2D eigenvalue weighted by atomic mass is 9.78. The Kier molecular flexibility index (Phi) is 6.12. The summed E-state index contributed by atoms with van der Waals surface area (Å²) in [6.07, 6.45) is 1.60. The third-order valence-corrected chi connectivity index (χ3v) is 6.59. The van der Waals surface area contributed by atoms with E-state index in [1.807, 2.05) is 39.0 Å². The molecule has 158 valence electrons. The van der Waals surface area contributed by atoms with Gasteiger partial charge in [-0.25, -0.2) is 0 Å². The van der Waals surface area contributed by atoms with Crippen molar-refractivity contribution in [1.29, 1.82) is 0 Å². The summed E-state index contributed by atoms with van der Waals surface area (Å²) in [7, 11) is 0. The minimum absolute atomic E-state index is 0.0188. The zero-order chi connectivity index (χ0) is 22.2. The molecule has 0 aliphatic carbocycles. The Morgan fingerprint density at radius 2 is 0.967 bits per heavy atom. The third kappa shape index (κ3) is 3.89. The van der Waals surface area contributed by atoms with E-state index in [1.165, 1.54) is 0 Å². The first-order valence-electron chi connectivity index (χ1n) is 10.5. The number of rotatable bonds is 5. The van der Waals surface area contributed by atoms with Crippen molar-refractivity contribution in [3.8, 4) is 17.2 Å². The van der Waals surface area contributed by atoms with Gasteiger partial charge >= 0.3 is 0 Å². The van der Waals surface area contributed by atoms with Crippen molar-refractivity contribution < 1.29 is 15.3 Å². The van der Waals surface area contributed by atoms with Gasteiger partial charge < -0.3 is 15.3 Å². The number of hydrogen-bond acceptors (Lipinski definition) is 3. The van der Waals surface area contributed by atoms with Crippen LogP contribution in [0.25, 0.3) is 0 Å². The van der Waals surface area contributed by atoms with Crippen molar-refractivity contribution in [2.75, 3.05) is 0 Å². The van der Waals surface area contributed by atoms with Gasteiger partial charge in [0.25, 0.3) is 0 Å². The van der Waals surface area contributed by atoms with Crippen LogP contribution < -0.4 is 0 Å². The lowest BCUT2D eigenvalue weighted by Gasteiger charge is -2.27. The summed E-state index contributed by atoms with van der Waals surface area (Å²) in [6, 6.07) is 11.1. The van der Waals surface area contributed by atoms with Crippen molar-refractivity contribution in [2.45, 2.75) is 60.3 Å². The number of hydrogen-bond donors (Lipinski definition) is 3. The first-order chi connectivity index (χ1) is 14.1. The minimum atomic E-state index is 0.0188. The Morgan fingerprint density at radius 1 is 0.567 bits per heavy atom. The third-order valence-electron chi connectivity index (χ3n) is 6.59. The van der Waals surface area contributed by atoms with Crippen LogP contribution in [-0.2, 0) is 6.42 Å². The zero-order valence-electron chi connectivity index (χ0n) is 18.8. The van der Waals surface area contributed by atoms with Crippen LogP contribution in [0.1, 0.15) is 62.4 Å². The molecule has 3 rings (SSSR count). The highest BCUT2D eigenvalue weighted by atomic mass is 16.3. The fraction of sp³-hybridized carbons (Fsp3) is 0.333. The van der Waals surface area contributed by atoms with Gasteiger partial charge in [-0.2, -0.15) is 0 Å². The largest absolute Gasteiger partial charge is 0.508 e. The van der Waals surface area contributed by atoms with E-state index in [2.05, 4.69) is 20.8 Å². The topological polar surface area (TPSA) is 60.7 Å². The second-order valence-corrected chi connectivity index (χ2v) is 8.48. The van der Waals surface area contributed by atoms with Crippen molar-refractivity contribution in [1.82, 2.24) is 0 Å². The Balaban J connectivity index is 2.17. The fourth-order valence-electron chi connectivity index (χ4n) is 4.76. The Morgan fingerprint density at radius 3 is 1.43 bits per heavy atom. The van der Waals surface area contributed by atoms with Crippen LogP contribution in [0.4, 0.5) is 0 Å². The van der Waals surface area contributed by atoms with E-state index in [9.17, 15) is 15.3 Å². The van der Waals surface area contributed by atoms with Crippen LogP contribution in [0.5, 0.6) is 17.2 Å². The van der Waals surface area contributed by atoms with Crippen LogP contribution >= 0.6 is 0 Å². The SMILES string of the molecule is Cc1ccc(O)c(C)c1CCC(c1c(C)ccc(O)c1C)c1c(C)ccc(O)c1C. The van der Waals surface area contributed by atoms with Gasteiger partial charge in [-0.15, -0.1) is 0 Å². The molecule has 0 saturated carbocycles. The maximum atomic E-state index is 10.4. The molecule has 0 amide bonds. The lowest BCUT2D eigenvalue weighted by molar-refractivity contribution is 0.467. The maximum Gasteiger partial charge on any atom is 0.118 e. The van der Waals surface area contributed by atoms with Gasteiger partial charge in [0.15, 0.2) is 0 Å². The van der Waals surface area contributed by atoms with Crippen molar-refractivity contribution in [2.24, 2.45) is 0 Å². The highest BCUT2D eigenvalue weighted by Gasteiger charge is 2.25. The number of phenols is 3. The molecule has 3 aromatic carbocycles. The lowest BCUT2D eigenvalue weighted by Crippen LogP contribution is -2.11. The molecule has 0 bridgehead atoms. The average molecular weight is 405 g/mol. The second-order valence-electron chi connectivity index (χ2n) is 8.48. The molecular formula is C27H32O3. The van der Waals surface area contributed by atoms with Crippen molar-refractivity contribution in [3.63, 3.8) is 0 Å². The van der Waals surface area contributed by atoms with Crippen molar-refractivity contribution in [3.05, 3.63) is 86.5 Å². The summed E-state index contributed by atoms with van der Waals surface area (Å²) in [6.45, 7) is 12.1. The molecule has 0 radical (unpaired) electrons. The van der Waals surface area contributed by atoms with Gasteiger partial charge in [-0.3, -0.25) is 0 Å². The number of benzene rings is 3. The van der Waals surface area contributed by atoms with E-state index in [1.54, 1.807) is 18.2 Å². The normalized spacial score (nSPS) is 11.3. The van der Waals surface area contributed by atoms with E-state index >= 15 is 0 Å². The summed E-state index contributed by atoms with van der Waals surface area (Å²) in [5.41, 5.74) is 9.48. The zero-order valence-corrected chi connectivity index (χ0v) is 18.8. The second kappa shape index (κ2) is 8.43. The molecule has 3 N–H and O–H groups in total. The Bertz CT molecular complexity index is 1040. The standard InChI is InChI=1S/C27H32O3/c1-15-7-12-23(28)18(4)21(15)10-11-22(26-16(2)8-13-24(29)19(26)5)27-17(3)9-14-25(30)20(27)6/h7-9,12-14,22,28-30H,10-11H2,1-6H3. The molecule has 0 saturated heterocycles. The van der Waals surface area contributed by atoms with Gasteiger partial charge in [0, 0.05) is 5.92 Å². The summed E-state index contributed by atoms with van der Waals surface area (Å²) < 4.78 is 0. The first-order valence-corrected chi connectivity index (χ1v) is 10.5. The van der Waals surface area contributed by atoms with E-state index in [0.29, 0.717) is 17.2 Å². The number of aromatic hydroxyl groups is 3. The van der Waals surface area contributed by atoms with Crippen LogP contribution in [0, 0.1) is 41.5 Å². The monoisotopic (exact) mass is 404 g/mol. The van der Waals surface area contributed by atoms with E-state index in [-0.39, 0.29) is 5.92 Å². The first kappa shape index (κ1) is 21.8. The summed E-state index contributed by atoms with van der Waals surface area (Å²) in [5, 5.41) is 31.1.